The monoisotopic (exact) mass is 373 g/mol. The van der Waals surface area contributed by atoms with Crippen molar-refractivity contribution < 1.29 is 4.79 Å². The lowest BCUT2D eigenvalue weighted by Gasteiger charge is -2.32. The van der Waals surface area contributed by atoms with E-state index in [1.165, 1.54) is 0 Å². The fraction of sp³-hybridized carbons (Fsp3) is 0.562. The number of carbonyl (C=O) groups is 1. The highest BCUT2D eigenvalue weighted by atomic mass is 35.5. The first-order chi connectivity index (χ1) is 10.6. The molecule has 1 aliphatic heterocycles. The van der Waals surface area contributed by atoms with Gasteiger partial charge >= 0.3 is 0 Å². The zero-order valence-electron chi connectivity index (χ0n) is 14.3. The van der Waals surface area contributed by atoms with E-state index < -0.39 is 0 Å². The van der Waals surface area contributed by atoms with Crippen LogP contribution >= 0.6 is 24.8 Å². The number of fused-ring (bicyclic) bond motifs is 1. The average Bonchev–Trinajstić information content (AvgIpc) is 2.82. The van der Waals surface area contributed by atoms with Crippen LogP contribution in [0.2, 0.25) is 0 Å². The van der Waals surface area contributed by atoms with Gasteiger partial charge in [0.05, 0.1) is 11.3 Å². The highest BCUT2D eigenvalue weighted by molar-refractivity contribution is 5.97. The summed E-state index contributed by atoms with van der Waals surface area (Å²) in [6.45, 7) is 4.64. The van der Waals surface area contributed by atoms with E-state index >= 15 is 0 Å². The van der Waals surface area contributed by atoms with Crippen LogP contribution in [0, 0.1) is 12.8 Å². The molecule has 0 spiro atoms. The summed E-state index contributed by atoms with van der Waals surface area (Å²) in [4.78, 5) is 19.0. The van der Waals surface area contributed by atoms with Crippen molar-refractivity contribution >= 4 is 41.8 Å². The molecule has 1 amide bonds. The Morgan fingerprint density at radius 1 is 1.33 bits per heavy atom. The van der Waals surface area contributed by atoms with Gasteiger partial charge in [0, 0.05) is 31.7 Å². The van der Waals surface area contributed by atoms with Crippen LogP contribution in [-0.4, -0.2) is 52.3 Å². The molecule has 3 rings (SSSR count). The van der Waals surface area contributed by atoms with Gasteiger partial charge in [0.15, 0.2) is 5.65 Å². The van der Waals surface area contributed by atoms with E-state index in [1.54, 1.807) is 10.9 Å². The Kier molecular flexibility index (Phi) is 7.45. The van der Waals surface area contributed by atoms with Gasteiger partial charge in [0.25, 0.3) is 5.91 Å². The van der Waals surface area contributed by atoms with E-state index in [4.69, 9.17) is 0 Å². The van der Waals surface area contributed by atoms with E-state index in [0.717, 1.165) is 49.2 Å². The maximum absolute atomic E-state index is 12.7. The maximum Gasteiger partial charge on any atom is 0.255 e. The first-order valence-corrected chi connectivity index (χ1v) is 7.83. The van der Waals surface area contributed by atoms with Crippen LogP contribution in [0.4, 0.5) is 0 Å². The van der Waals surface area contributed by atoms with Gasteiger partial charge in [-0.2, -0.15) is 5.10 Å². The smallest absolute Gasteiger partial charge is 0.255 e. The summed E-state index contributed by atoms with van der Waals surface area (Å²) in [5, 5.41) is 8.53. The molecule has 0 bridgehead atoms. The SMILES string of the molecule is CNCC1CCN(C(=O)c2cnc3c(c2)c(C)nn3C)CC1.Cl.Cl. The van der Waals surface area contributed by atoms with Crippen molar-refractivity contribution in [3.63, 3.8) is 0 Å². The number of nitrogens with zero attached hydrogens (tertiary/aromatic N) is 4. The Morgan fingerprint density at radius 2 is 2.00 bits per heavy atom. The molecule has 0 radical (unpaired) electrons. The molecule has 24 heavy (non-hydrogen) atoms. The Hall–Kier alpha value is -1.37. The van der Waals surface area contributed by atoms with Crippen LogP contribution in [0.15, 0.2) is 12.3 Å². The van der Waals surface area contributed by atoms with Crippen LogP contribution in [0.1, 0.15) is 28.9 Å². The van der Waals surface area contributed by atoms with Gasteiger partial charge in [-0.05, 0) is 45.3 Å². The number of hydrogen-bond donors (Lipinski definition) is 1. The van der Waals surface area contributed by atoms with Gasteiger partial charge in [-0.3, -0.25) is 9.48 Å². The maximum atomic E-state index is 12.7. The van der Waals surface area contributed by atoms with Crippen LogP contribution in [-0.2, 0) is 7.05 Å². The first kappa shape index (κ1) is 20.7. The van der Waals surface area contributed by atoms with E-state index in [2.05, 4.69) is 15.4 Å². The number of hydrogen-bond acceptors (Lipinski definition) is 4. The zero-order chi connectivity index (χ0) is 15.7. The molecule has 1 saturated heterocycles. The molecule has 1 fully saturated rings. The first-order valence-electron chi connectivity index (χ1n) is 7.83. The van der Waals surface area contributed by atoms with Crippen molar-refractivity contribution in [1.29, 1.82) is 0 Å². The predicted octanol–water partition coefficient (Wildman–Crippen LogP) is 2.19. The number of amides is 1. The van der Waals surface area contributed by atoms with Crippen LogP contribution in [0.3, 0.4) is 0 Å². The van der Waals surface area contributed by atoms with E-state index in [1.807, 2.05) is 32.0 Å². The van der Waals surface area contributed by atoms with Crippen molar-refractivity contribution in [2.24, 2.45) is 13.0 Å². The van der Waals surface area contributed by atoms with Crippen molar-refractivity contribution in [3.05, 3.63) is 23.5 Å². The number of likely N-dealkylation sites (tertiary alicyclic amines) is 1. The Morgan fingerprint density at radius 3 is 2.62 bits per heavy atom. The largest absolute Gasteiger partial charge is 0.339 e. The molecule has 0 saturated carbocycles. The van der Waals surface area contributed by atoms with Gasteiger partial charge in [-0.1, -0.05) is 0 Å². The summed E-state index contributed by atoms with van der Waals surface area (Å²) in [6, 6.07) is 1.92. The van der Waals surface area contributed by atoms with Gasteiger partial charge < -0.3 is 10.2 Å². The van der Waals surface area contributed by atoms with E-state index in [0.29, 0.717) is 11.5 Å². The summed E-state index contributed by atoms with van der Waals surface area (Å²) >= 11 is 0. The van der Waals surface area contributed by atoms with Gasteiger partial charge in [-0.25, -0.2) is 4.98 Å². The molecule has 0 aromatic carbocycles. The van der Waals surface area contributed by atoms with Crippen molar-refractivity contribution in [3.8, 4) is 0 Å². The summed E-state index contributed by atoms with van der Waals surface area (Å²) in [5.41, 5.74) is 2.39. The van der Waals surface area contributed by atoms with Gasteiger partial charge in [0.1, 0.15) is 0 Å². The Bertz CT molecular complexity index is 695. The van der Waals surface area contributed by atoms with Crippen LogP contribution in [0.25, 0.3) is 11.0 Å². The normalized spacial score (nSPS) is 15.0. The quantitative estimate of drug-likeness (QED) is 0.895. The third-order valence-electron chi connectivity index (χ3n) is 4.50. The second kappa shape index (κ2) is 8.65. The van der Waals surface area contributed by atoms with Crippen molar-refractivity contribution in [2.45, 2.75) is 19.8 Å². The number of aromatic nitrogens is 3. The summed E-state index contributed by atoms with van der Waals surface area (Å²) < 4.78 is 1.75. The van der Waals surface area contributed by atoms with Crippen molar-refractivity contribution in [2.75, 3.05) is 26.7 Å². The number of pyridine rings is 1. The van der Waals surface area contributed by atoms with Gasteiger partial charge in [0.2, 0.25) is 0 Å². The molecule has 0 atom stereocenters. The molecule has 0 unspecified atom stereocenters. The lowest BCUT2D eigenvalue weighted by molar-refractivity contribution is 0.0690. The molecule has 1 N–H and O–H groups in total. The number of nitrogens with one attached hydrogen (secondary N) is 1. The fourth-order valence-electron chi connectivity index (χ4n) is 3.24. The van der Waals surface area contributed by atoms with Crippen LogP contribution < -0.4 is 5.32 Å². The number of piperidine rings is 1. The summed E-state index contributed by atoms with van der Waals surface area (Å²) in [7, 11) is 3.85. The molecule has 1 aliphatic rings. The highest BCUT2D eigenvalue weighted by Gasteiger charge is 2.24. The number of aryl methyl sites for hydroxylation is 2. The minimum Gasteiger partial charge on any atom is -0.339 e. The summed E-state index contributed by atoms with van der Waals surface area (Å²) in [5.74, 6) is 0.760. The van der Waals surface area contributed by atoms with Crippen LogP contribution in [0.5, 0.6) is 0 Å². The molecular formula is C16H25Cl2N5O. The minimum absolute atomic E-state index is 0. The molecule has 6 nitrogen and oxygen atoms in total. The lowest BCUT2D eigenvalue weighted by Crippen LogP contribution is -2.40. The Labute approximate surface area is 154 Å². The molecule has 8 heteroatoms. The third kappa shape index (κ3) is 3.99. The molecular weight excluding hydrogens is 349 g/mol. The second-order valence-corrected chi connectivity index (χ2v) is 6.10. The second-order valence-electron chi connectivity index (χ2n) is 6.10. The lowest BCUT2D eigenvalue weighted by atomic mass is 9.96. The third-order valence-corrected chi connectivity index (χ3v) is 4.50. The molecule has 2 aromatic rings. The zero-order valence-corrected chi connectivity index (χ0v) is 15.9. The molecule has 0 aliphatic carbocycles. The molecule has 134 valence electrons. The molecule has 2 aromatic heterocycles. The minimum atomic E-state index is 0. The summed E-state index contributed by atoms with van der Waals surface area (Å²) in [6.07, 6.45) is 3.80. The standard InChI is InChI=1S/C16H23N5O.2ClH/c1-11-14-8-13(10-18-15(14)20(3)19-11)16(22)21-6-4-12(5-7-21)9-17-2;;/h8,10,12,17H,4-7,9H2,1-3H3;2*1H. The average molecular weight is 374 g/mol. The number of rotatable bonds is 3. The van der Waals surface area contributed by atoms with E-state index in [9.17, 15) is 4.79 Å². The number of halogens is 2. The van der Waals surface area contributed by atoms with Gasteiger partial charge in [-0.15, -0.1) is 24.8 Å². The fourth-order valence-corrected chi connectivity index (χ4v) is 3.24. The topological polar surface area (TPSA) is 63.1 Å². The highest BCUT2D eigenvalue weighted by Crippen LogP contribution is 2.21. The molecule has 3 heterocycles. The van der Waals surface area contributed by atoms with E-state index in [-0.39, 0.29) is 30.7 Å². The predicted molar refractivity (Wildman–Crippen MR) is 100 cm³/mol. The Balaban J connectivity index is 0.00000144. The van der Waals surface area contributed by atoms with Crippen molar-refractivity contribution in [1.82, 2.24) is 25.0 Å². The number of carbonyl (C=O) groups excluding carboxylic acids is 1.